The molecule has 1 saturated heterocycles. The number of rotatable bonds is 4. The van der Waals surface area contributed by atoms with E-state index in [-0.39, 0.29) is 6.10 Å². The Hall–Kier alpha value is -2.50. The van der Waals surface area contributed by atoms with Gasteiger partial charge in [0.1, 0.15) is 0 Å². The van der Waals surface area contributed by atoms with Gasteiger partial charge < -0.3 is 9.30 Å². The van der Waals surface area contributed by atoms with Crippen molar-refractivity contribution in [3.63, 3.8) is 0 Å². The highest BCUT2D eigenvalue weighted by atomic mass is 16.5. The molecule has 5 heteroatoms. The lowest BCUT2D eigenvalue weighted by Crippen LogP contribution is -2.37. The van der Waals surface area contributed by atoms with Gasteiger partial charge in [0.05, 0.1) is 19.0 Å². The van der Waals surface area contributed by atoms with E-state index in [2.05, 4.69) is 45.2 Å². The van der Waals surface area contributed by atoms with Crippen molar-refractivity contribution < 1.29 is 4.74 Å². The second kappa shape index (κ2) is 6.95. The molecule has 1 fully saturated rings. The molecule has 0 unspecified atom stereocenters. The summed E-state index contributed by atoms with van der Waals surface area (Å²) >= 11 is 0. The van der Waals surface area contributed by atoms with Crippen LogP contribution in [0.15, 0.2) is 67.5 Å². The number of pyridine rings is 1. The van der Waals surface area contributed by atoms with Crippen LogP contribution in [0.25, 0.3) is 5.69 Å². The van der Waals surface area contributed by atoms with E-state index in [1.807, 2.05) is 29.4 Å². The van der Waals surface area contributed by atoms with Crippen molar-refractivity contribution in [1.29, 1.82) is 0 Å². The maximum Gasteiger partial charge on any atom is 0.0991 e. The molecule has 0 bridgehead atoms. The summed E-state index contributed by atoms with van der Waals surface area (Å²) in [5.74, 6) is 0. The topological polar surface area (TPSA) is 43.2 Å². The van der Waals surface area contributed by atoms with Gasteiger partial charge in [-0.2, -0.15) is 0 Å². The third-order valence-corrected chi connectivity index (χ3v) is 4.35. The van der Waals surface area contributed by atoms with Crippen LogP contribution < -0.4 is 0 Å². The van der Waals surface area contributed by atoms with E-state index in [1.165, 1.54) is 5.56 Å². The summed E-state index contributed by atoms with van der Waals surface area (Å²) in [4.78, 5) is 10.7. The molecule has 0 N–H and O–H groups in total. The second-order valence-corrected chi connectivity index (χ2v) is 6.02. The molecule has 1 aliphatic rings. The zero-order chi connectivity index (χ0) is 16.2. The number of aromatic nitrogens is 3. The monoisotopic (exact) mass is 320 g/mol. The van der Waals surface area contributed by atoms with Crippen LogP contribution in [0.1, 0.15) is 17.2 Å². The summed E-state index contributed by atoms with van der Waals surface area (Å²) in [6, 6.07) is 12.7. The fraction of sp³-hybridized carbons (Fsp3) is 0.263. The van der Waals surface area contributed by atoms with Gasteiger partial charge in [0.15, 0.2) is 0 Å². The highest BCUT2D eigenvalue weighted by molar-refractivity contribution is 5.34. The number of morpholine rings is 1. The van der Waals surface area contributed by atoms with E-state index in [0.29, 0.717) is 0 Å². The number of hydrogen-bond acceptors (Lipinski definition) is 4. The number of benzene rings is 1. The standard InChI is InChI=1S/C19H20N4O/c1-2-17(12-20-7-1)19-14-22(10-11-24-19)13-16-3-5-18(6-4-16)23-9-8-21-15-23/h1-9,12,15,19H,10-11,13-14H2/t19-/m1/s1. The summed E-state index contributed by atoms with van der Waals surface area (Å²) in [6.07, 6.45) is 9.36. The van der Waals surface area contributed by atoms with E-state index < -0.39 is 0 Å². The van der Waals surface area contributed by atoms with Gasteiger partial charge in [-0.25, -0.2) is 4.98 Å². The Morgan fingerprint density at radius 2 is 2.00 bits per heavy atom. The molecule has 1 aliphatic heterocycles. The van der Waals surface area contributed by atoms with Crippen LogP contribution in [0.2, 0.25) is 0 Å². The quantitative estimate of drug-likeness (QED) is 0.741. The van der Waals surface area contributed by atoms with Gasteiger partial charge >= 0.3 is 0 Å². The number of imidazole rings is 1. The number of ether oxygens (including phenoxy) is 1. The van der Waals surface area contributed by atoms with Crippen LogP contribution in [0.5, 0.6) is 0 Å². The molecular weight excluding hydrogens is 300 g/mol. The SMILES string of the molecule is c1cncc([C@H]2CN(Cc3ccc(-n4ccnc4)cc3)CCO2)c1. The lowest BCUT2D eigenvalue weighted by atomic mass is 10.1. The lowest BCUT2D eigenvalue weighted by Gasteiger charge is -2.33. The first-order chi connectivity index (χ1) is 11.9. The first-order valence-corrected chi connectivity index (χ1v) is 8.20. The van der Waals surface area contributed by atoms with Gasteiger partial charge in [0.25, 0.3) is 0 Å². The molecule has 0 radical (unpaired) electrons. The van der Waals surface area contributed by atoms with Crippen LogP contribution in [0.4, 0.5) is 0 Å². The van der Waals surface area contributed by atoms with Crippen molar-refractivity contribution in [1.82, 2.24) is 19.4 Å². The molecule has 5 nitrogen and oxygen atoms in total. The average Bonchev–Trinajstić information content (AvgIpc) is 3.18. The summed E-state index contributed by atoms with van der Waals surface area (Å²) in [6.45, 7) is 3.55. The molecule has 0 saturated carbocycles. The molecule has 0 amide bonds. The van der Waals surface area contributed by atoms with E-state index in [4.69, 9.17) is 4.74 Å². The minimum atomic E-state index is 0.109. The highest BCUT2D eigenvalue weighted by Crippen LogP contribution is 2.22. The molecule has 2 aromatic heterocycles. The predicted octanol–water partition coefficient (Wildman–Crippen LogP) is 2.84. The van der Waals surface area contributed by atoms with Crippen molar-refractivity contribution >= 4 is 0 Å². The van der Waals surface area contributed by atoms with Crippen molar-refractivity contribution in [2.24, 2.45) is 0 Å². The minimum absolute atomic E-state index is 0.109. The van der Waals surface area contributed by atoms with Crippen LogP contribution in [0.3, 0.4) is 0 Å². The van der Waals surface area contributed by atoms with Crippen LogP contribution >= 0.6 is 0 Å². The highest BCUT2D eigenvalue weighted by Gasteiger charge is 2.22. The van der Waals surface area contributed by atoms with Gasteiger partial charge in [-0.15, -0.1) is 0 Å². The molecular formula is C19H20N4O. The van der Waals surface area contributed by atoms with E-state index >= 15 is 0 Å². The Morgan fingerprint density at radius 3 is 2.75 bits per heavy atom. The van der Waals surface area contributed by atoms with E-state index in [9.17, 15) is 0 Å². The Balaban J connectivity index is 1.41. The maximum absolute atomic E-state index is 5.91. The first-order valence-electron chi connectivity index (χ1n) is 8.20. The normalized spacial score (nSPS) is 18.6. The zero-order valence-corrected chi connectivity index (χ0v) is 13.5. The molecule has 4 rings (SSSR count). The predicted molar refractivity (Wildman–Crippen MR) is 91.8 cm³/mol. The van der Waals surface area contributed by atoms with Crippen LogP contribution in [-0.4, -0.2) is 39.1 Å². The van der Waals surface area contributed by atoms with Crippen molar-refractivity contribution in [2.45, 2.75) is 12.6 Å². The molecule has 122 valence electrons. The molecule has 0 spiro atoms. The molecule has 1 atom stereocenters. The fourth-order valence-corrected chi connectivity index (χ4v) is 3.06. The summed E-state index contributed by atoms with van der Waals surface area (Å²) in [5.41, 5.74) is 3.59. The Labute approximate surface area is 141 Å². The Bertz CT molecular complexity index is 756. The Kier molecular flexibility index (Phi) is 4.36. The van der Waals surface area contributed by atoms with Crippen LogP contribution in [0, 0.1) is 0 Å². The van der Waals surface area contributed by atoms with Crippen molar-refractivity contribution in [2.75, 3.05) is 19.7 Å². The summed E-state index contributed by atoms with van der Waals surface area (Å²) in [5, 5.41) is 0. The summed E-state index contributed by atoms with van der Waals surface area (Å²) in [7, 11) is 0. The largest absolute Gasteiger partial charge is 0.371 e. The van der Waals surface area contributed by atoms with E-state index in [0.717, 1.165) is 37.5 Å². The number of nitrogens with zero attached hydrogens (tertiary/aromatic N) is 4. The minimum Gasteiger partial charge on any atom is -0.371 e. The molecule has 3 heterocycles. The first kappa shape index (κ1) is 15.1. The average molecular weight is 320 g/mol. The van der Waals surface area contributed by atoms with Gasteiger partial charge in [-0.3, -0.25) is 9.88 Å². The third kappa shape index (κ3) is 3.37. The second-order valence-electron chi connectivity index (χ2n) is 6.02. The van der Waals surface area contributed by atoms with Crippen LogP contribution in [-0.2, 0) is 11.3 Å². The molecule has 1 aromatic carbocycles. The lowest BCUT2D eigenvalue weighted by molar-refractivity contribution is -0.0330. The van der Waals surface area contributed by atoms with E-state index in [1.54, 1.807) is 12.4 Å². The summed E-state index contributed by atoms with van der Waals surface area (Å²) < 4.78 is 7.92. The smallest absolute Gasteiger partial charge is 0.0991 e. The van der Waals surface area contributed by atoms with Gasteiger partial charge in [-0.05, 0) is 23.8 Å². The zero-order valence-electron chi connectivity index (χ0n) is 13.5. The van der Waals surface area contributed by atoms with Gasteiger partial charge in [0.2, 0.25) is 0 Å². The fourth-order valence-electron chi connectivity index (χ4n) is 3.06. The van der Waals surface area contributed by atoms with Crippen molar-refractivity contribution in [3.8, 4) is 5.69 Å². The molecule has 0 aliphatic carbocycles. The van der Waals surface area contributed by atoms with Gasteiger partial charge in [0, 0.05) is 55.7 Å². The third-order valence-electron chi connectivity index (χ3n) is 4.35. The molecule has 24 heavy (non-hydrogen) atoms. The van der Waals surface area contributed by atoms with Gasteiger partial charge in [-0.1, -0.05) is 18.2 Å². The number of hydrogen-bond donors (Lipinski definition) is 0. The Morgan fingerprint density at radius 1 is 1.08 bits per heavy atom. The molecule has 3 aromatic rings. The maximum atomic E-state index is 5.91. The van der Waals surface area contributed by atoms with Crippen molar-refractivity contribution in [3.05, 3.63) is 78.6 Å².